The van der Waals surface area contributed by atoms with Gasteiger partial charge in [0.15, 0.2) is 0 Å². The number of rotatable bonds is 5. The normalized spacial score (nSPS) is 30.5. The molecule has 4 unspecified atom stereocenters. The van der Waals surface area contributed by atoms with Gasteiger partial charge >= 0.3 is 5.97 Å². The van der Waals surface area contributed by atoms with Gasteiger partial charge in [0.1, 0.15) is 0 Å². The van der Waals surface area contributed by atoms with Gasteiger partial charge in [-0.3, -0.25) is 4.79 Å². The van der Waals surface area contributed by atoms with Gasteiger partial charge in [-0.25, -0.2) is 0 Å². The number of esters is 1. The Morgan fingerprint density at radius 1 is 1.53 bits per heavy atom. The molecular formula is C15H21NO2S. The molecule has 2 fully saturated rings. The Morgan fingerprint density at radius 3 is 3.00 bits per heavy atom. The lowest BCUT2D eigenvalue weighted by molar-refractivity contribution is -0.141. The highest BCUT2D eigenvalue weighted by atomic mass is 32.1. The number of methoxy groups -OCH3 is 1. The molecule has 0 radical (unpaired) electrons. The Bertz CT molecular complexity index is 431. The lowest BCUT2D eigenvalue weighted by Crippen LogP contribution is -2.37. The van der Waals surface area contributed by atoms with Crippen molar-refractivity contribution >= 4 is 17.3 Å². The summed E-state index contributed by atoms with van der Waals surface area (Å²) in [6, 6.07) is 4.87. The van der Waals surface area contributed by atoms with Crippen LogP contribution in [0, 0.1) is 11.8 Å². The van der Waals surface area contributed by atoms with Crippen molar-refractivity contribution in [3.05, 3.63) is 22.4 Å². The first-order valence-corrected chi connectivity index (χ1v) is 8.00. The molecule has 0 saturated heterocycles. The predicted octanol–water partition coefficient (Wildman–Crippen LogP) is 3.13. The van der Waals surface area contributed by atoms with Crippen LogP contribution in [0.1, 0.15) is 43.0 Å². The summed E-state index contributed by atoms with van der Waals surface area (Å²) in [6.07, 6.45) is 5.87. The van der Waals surface area contributed by atoms with E-state index in [0.29, 0.717) is 12.5 Å². The molecule has 2 bridgehead atoms. The van der Waals surface area contributed by atoms with Crippen LogP contribution in [0.2, 0.25) is 0 Å². The maximum Gasteiger partial charge on any atom is 0.307 e. The second-order valence-corrected chi connectivity index (χ2v) is 6.78. The number of nitrogens with one attached hydrogen (secondary N) is 1. The molecule has 1 N–H and O–H groups in total. The first-order valence-electron chi connectivity index (χ1n) is 7.12. The van der Waals surface area contributed by atoms with Crippen molar-refractivity contribution in [3.63, 3.8) is 0 Å². The van der Waals surface area contributed by atoms with E-state index in [1.807, 2.05) is 6.07 Å². The number of carbonyl (C=O) groups is 1. The fourth-order valence-corrected chi connectivity index (χ4v) is 4.48. The van der Waals surface area contributed by atoms with E-state index in [1.165, 1.54) is 37.7 Å². The molecule has 4 atom stereocenters. The second kappa shape index (κ2) is 5.63. The van der Waals surface area contributed by atoms with Crippen molar-refractivity contribution in [2.24, 2.45) is 11.8 Å². The van der Waals surface area contributed by atoms with Crippen LogP contribution in [0.25, 0.3) is 0 Å². The largest absolute Gasteiger partial charge is 0.469 e. The molecule has 2 saturated carbocycles. The molecule has 4 heteroatoms. The molecule has 104 valence electrons. The average molecular weight is 279 g/mol. The van der Waals surface area contributed by atoms with Gasteiger partial charge in [0.25, 0.3) is 0 Å². The molecular weight excluding hydrogens is 258 g/mol. The van der Waals surface area contributed by atoms with E-state index in [1.54, 1.807) is 11.3 Å². The smallest absolute Gasteiger partial charge is 0.307 e. The Hall–Kier alpha value is -0.870. The number of fused-ring (bicyclic) bond motifs is 2. The van der Waals surface area contributed by atoms with E-state index in [9.17, 15) is 4.79 Å². The Balaban J connectivity index is 1.67. The summed E-state index contributed by atoms with van der Waals surface area (Å²) in [5.41, 5.74) is 0. The third-order valence-corrected chi connectivity index (χ3v) is 5.62. The van der Waals surface area contributed by atoms with E-state index >= 15 is 0 Å². The Labute approximate surface area is 118 Å². The minimum atomic E-state index is -0.131. The van der Waals surface area contributed by atoms with Crippen LogP contribution in [0.5, 0.6) is 0 Å². The number of hydrogen-bond acceptors (Lipinski definition) is 4. The zero-order valence-corrected chi connectivity index (χ0v) is 12.1. The van der Waals surface area contributed by atoms with Gasteiger partial charge in [0.2, 0.25) is 0 Å². The van der Waals surface area contributed by atoms with Crippen LogP contribution in [0.4, 0.5) is 0 Å². The topological polar surface area (TPSA) is 38.3 Å². The monoisotopic (exact) mass is 279 g/mol. The summed E-state index contributed by atoms with van der Waals surface area (Å²) in [5, 5.41) is 5.80. The molecule has 3 rings (SSSR count). The fourth-order valence-electron chi connectivity index (χ4n) is 3.69. The van der Waals surface area contributed by atoms with Crippen LogP contribution in [0.15, 0.2) is 17.5 Å². The summed E-state index contributed by atoms with van der Waals surface area (Å²) in [6.45, 7) is 0. The number of ether oxygens (including phenoxy) is 1. The lowest BCUT2D eigenvalue weighted by Gasteiger charge is -2.27. The lowest BCUT2D eigenvalue weighted by atomic mass is 9.94. The van der Waals surface area contributed by atoms with Crippen molar-refractivity contribution < 1.29 is 9.53 Å². The minimum absolute atomic E-state index is 0.122. The first kappa shape index (κ1) is 13.1. The van der Waals surface area contributed by atoms with Gasteiger partial charge in [-0.2, -0.15) is 0 Å². The van der Waals surface area contributed by atoms with Gasteiger partial charge in [-0.1, -0.05) is 12.5 Å². The first-order chi connectivity index (χ1) is 9.26. The molecule has 0 spiro atoms. The number of hydrogen-bond donors (Lipinski definition) is 1. The summed E-state index contributed by atoms with van der Waals surface area (Å²) >= 11 is 1.72. The molecule has 19 heavy (non-hydrogen) atoms. The maximum atomic E-state index is 11.6. The highest BCUT2D eigenvalue weighted by Crippen LogP contribution is 2.45. The van der Waals surface area contributed by atoms with Crippen molar-refractivity contribution in [2.45, 2.75) is 44.2 Å². The van der Waals surface area contributed by atoms with Crippen LogP contribution in [0.3, 0.4) is 0 Å². The predicted molar refractivity (Wildman–Crippen MR) is 76.1 cm³/mol. The molecule has 1 aromatic heterocycles. The van der Waals surface area contributed by atoms with Crippen molar-refractivity contribution in [1.29, 1.82) is 0 Å². The number of carbonyl (C=O) groups excluding carboxylic acids is 1. The maximum absolute atomic E-state index is 11.6. The SMILES string of the molecule is COC(=O)CC(NC1CC2CCC1C2)c1cccs1. The Morgan fingerprint density at radius 2 is 2.42 bits per heavy atom. The zero-order valence-electron chi connectivity index (χ0n) is 11.3. The third kappa shape index (κ3) is 2.84. The standard InChI is InChI=1S/C15H21NO2S/c1-18-15(17)9-13(14-3-2-6-19-14)16-12-8-10-4-5-11(12)7-10/h2-3,6,10-13,16H,4-5,7-9H2,1H3. The molecule has 0 aliphatic heterocycles. The summed E-state index contributed by atoms with van der Waals surface area (Å²) in [5.74, 6) is 1.61. The molecule has 2 aliphatic carbocycles. The van der Waals surface area contributed by atoms with Crippen molar-refractivity contribution in [3.8, 4) is 0 Å². The summed E-state index contributed by atoms with van der Waals surface area (Å²) in [7, 11) is 1.46. The van der Waals surface area contributed by atoms with Crippen LogP contribution < -0.4 is 5.32 Å². The molecule has 2 aliphatic rings. The van der Waals surface area contributed by atoms with Gasteiger partial charge in [-0.15, -0.1) is 11.3 Å². The zero-order chi connectivity index (χ0) is 13.2. The van der Waals surface area contributed by atoms with E-state index < -0.39 is 0 Å². The number of thiophene rings is 1. The molecule has 3 nitrogen and oxygen atoms in total. The third-order valence-electron chi connectivity index (χ3n) is 4.64. The highest BCUT2D eigenvalue weighted by molar-refractivity contribution is 7.10. The summed E-state index contributed by atoms with van der Waals surface area (Å²) in [4.78, 5) is 12.8. The van der Waals surface area contributed by atoms with E-state index in [2.05, 4.69) is 16.8 Å². The fraction of sp³-hybridized carbons (Fsp3) is 0.667. The van der Waals surface area contributed by atoms with Crippen molar-refractivity contribution in [2.75, 3.05) is 7.11 Å². The molecule has 0 aromatic carbocycles. The van der Waals surface area contributed by atoms with Crippen LogP contribution in [-0.2, 0) is 9.53 Å². The second-order valence-electron chi connectivity index (χ2n) is 5.80. The van der Waals surface area contributed by atoms with Crippen LogP contribution >= 0.6 is 11.3 Å². The molecule has 0 amide bonds. The van der Waals surface area contributed by atoms with E-state index in [0.717, 1.165) is 11.8 Å². The van der Waals surface area contributed by atoms with E-state index in [-0.39, 0.29) is 12.0 Å². The highest BCUT2D eigenvalue weighted by Gasteiger charge is 2.40. The average Bonchev–Trinajstić information content (AvgIpc) is 3.14. The summed E-state index contributed by atoms with van der Waals surface area (Å²) < 4.78 is 4.83. The van der Waals surface area contributed by atoms with Gasteiger partial charge in [0.05, 0.1) is 19.6 Å². The minimum Gasteiger partial charge on any atom is -0.469 e. The van der Waals surface area contributed by atoms with Gasteiger partial charge in [-0.05, 0) is 42.5 Å². The molecule has 1 heterocycles. The van der Waals surface area contributed by atoms with Gasteiger partial charge in [0, 0.05) is 10.9 Å². The quantitative estimate of drug-likeness (QED) is 0.842. The molecule has 1 aromatic rings. The van der Waals surface area contributed by atoms with Crippen molar-refractivity contribution in [1.82, 2.24) is 5.32 Å². The van der Waals surface area contributed by atoms with Gasteiger partial charge < -0.3 is 10.1 Å². The van der Waals surface area contributed by atoms with Crippen LogP contribution in [-0.4, -0.2) is 19.1 Å². The Kier molecular flexibility index (Phi) is 3.89. The van der Waals surface area contributed by atoms with E-state index in [4.69, 9.17) is 4.74 Å².